The Balaban J connectivity index is 1.99. The maximum Gasteiger partial charge on any atom is 0.410 e. The summed E-state index contributed by atoms with van der Waals surface area (Å²) in [5.74, 6) is 0.662. The Morgan fingerprint density at radius 1 is 1.38 bits per heavy atom. The van der Waals surface area contributed by atoms with Crippen molar-refractivity contribution in [2.24, 2.45) is 5.92 Å². The Morgan fingerprint density at radius 2 is 2.06 bits per heavy atom. The number of nitrogens with one attached hydrogen (secondary N) is 1. The van der Waals surface area contributed by atoms with E-state index in [-0.39, 0.29) is 6.09 Å². The summed E-state index contributed by atoms with van der Waals surface area (Å²) in [4.78, 5) is 13.9. The minimum atomic E-state index is -0.395. The van der Waals surface area contributed by atoms with Gasteiger partial charge >= 0.3 is 6.09 Å². The number of hydrogen-bond acceptors (Lipinski definition) is 3. The van der Waals surface area contributed by atoms with Crippen LogP contribution >= 0.6 is 0 Å². The van der Waals surface area contributed by atoms with E-state index in [1.54, 1.807) is 0 Å². The molecule has 1 saturated heterocycles. The fraction of sp³-hybridized carbons (Fsp3) is 0.917. The Hall–Kier alpha value is -0.770. The van der Waals surface area contributed by atoms with Gasteiger partial charge in [-0.15, -0.1) is 0 Å². The molecule has 2 aliphatic rings. The number of piperidine rings is 1. The Bertz CT molecular complexity index is 285. The molecule has 0 aromatic heterocycles. The topological polar surface area (TPSA) is 41.6 Å². The molecule has 1 aliphatic carbocycles. The number of likely N-dealkylation sites (tertiary alicyclic amines) is 1. The SMILES string of the molecule is CNC1CC2CC1N(C(=O)OC(C)(C)C)C2. The number of carbonyl (C=O) groups is 1. The number of rotatable bonds is 1. The van der Waals surface area contributed by atoms with Crippen LogP contribution in [-0.4, -0.2) is 42.3 Å². The first-order valence-corrected chi connectivity index (χ1v) is 6.07. The monoisotopic (exact) mass is 226 g/mol. The first-order valence-electron chi connectivity index (χ1n) is 6.07. The predicted molar refractivity (Wildman–Crippen MR) is 62.3 cm³/mol. The normalized spacial score (nSPS) is 33.2. The molecule has 1 aliphatic heterocycles. The highest BCUT2D eigenvalue weighted by molar-refractivity contribution is 5.69. The summed E-state index contributed by atoms with van der Waals surface area (Å²) in [6, 6.07) is 0.788. The molecule has 2 bridgehead atoms. The van der Waals surface area contributed by atoms with Crippen LogP contribution in [0, 0.1) is 5.92 Å². The summed E-state index contributed by atoms with van der Waals surface area (Å²) in [5.41, 5.74) is -0.395. The molecule has 92 valence electrons. The molecule has 2 fully saturated rings. The van der Waals surface area contributed by atoms with Crippen molar-refractivity contribution in [3.8, 4) is 0 Å². The second-order valence-electron chi connectivity index (χ2n) is 5.93. The molecular weight excluding hydrogens is 204 g/mol. The van der Waals surface area contributed by atoms with Gasteiger partial charge in [-0.1, -0.05) is 0 Å². The van der Waals surface area contributed by atoms with Crippen molar-refractivity contribution in [3.05, 3.63) is 0 Å². The van der Waals surface area contributed by atoms with Gasteiger partial charge in [0.15, 0.2) is 0 Å². The highest BCUT2D eigenvalue weighted by atomic mass is 16.6. The van der Waals surface area contributed by atoms with Crippen LogP contribution in [-0.2, 0) is 4.74 Å². The number of ether oxygens (including phenoxy) is 1. The van der Waals surface area contributed by atoms with Gasteiger partial charge in [0.25, 0.3) is 0 Å². The lowest BCUT2D eigenvalue weighted by Gasteiger charge is -2.34. The van der Waals surface area contributed by atoms with Gasteiger partial charge in [-0.25, -0.2) is 4.79 Å². The van der Waals surface area contributed by atoms with E-state index in [1.807, 2.05) is 32.7 Å². The summed E-state index contributed by atoms with van der Waals surface area (Å²) in [5, 5.41) is 3.29. The van der Waals surface area contributed by atoms with Gasteiger partial charge < -0.3 is 15.0 Å². The van der Waals surface area contributed by atoms with Crippen LogP contribution in [0.4, 0.5) is 4.79 Å². The lowest BCUT2D eigenvalue weighted by Crippen LogP contribution is -2.50. The third-order valence-corrected chi connectivity index (χ3v) is 3.48. The zero-order valence-corrected chi connectivity index (χ0v) is 10.6. The zero-order chi connectivity index (χ0) is 11.9. The summed E-state index contributed by atoms with van der Waals surface area (Å²) in [7, 11) is 1.97. The number of hydrogen-bond donors (Lipinski definition) is 1. The number of nitrogens with zero attached hydrogens (tertiary/aromatic N) is 1. The van der Waals surface area contributed by atoms with Crippen LogP contribution in [0.1, 0.15) is 33.6 Å². The van der Waals surface area contributed by atoms with E-state index in [2.05, 4.69) is 5.32 Å². The van der Waals surface area contributed by atoms with E-state index in [9.17, 15) is 4.79 Å². The molecule has 16 heavy (non-hydrogen) atoms. The molecule has 0 spiro atoms. The molecule has 1 saturated carbocycles. The molecule has 4 nitrogen and oxygen atoms in total. The number of amides is 1. The van der Waals surface area contributed by atoms with Gasteiger partial charge in [-0.2, -0.15) is 0 Å². The predicted octanol–water partition coefficient (Wildman–Crippen LogP) is 1.60. The molecule has 1 amide bonds. The van der Waals surface area contributed by atoms with Crippen LogP contribution in [0.15, 0.2) is 0 Å². The molecular formula is C12H22N2O2. The highest BCUT2D eigenvalue weighted by Gasteiger charge is 2.47. The molecule has 1 N–H and O–H groups in total. The first-order chi connectivity index (χ1) is 7.40. The van der Waals surface area contributed by atoms with Gasteiger partial charge in [0.1, 0.15) is 5.60 Å². The van der Waals surface area contributed by atoms with E-state index in [0.717, 1.165) is 13.0 Å². The number of likely N-dealkylation sites (N-methyl/N-ethyl adjacent to an activating group) is 1. The van der Waals surface area contributed by atoms with Crippen molar-refractivity contribution in [1.29, 1.82) is 0 Å². The second-order valence-corrected chi connectivity index (χ2v) is 5.93. The Labute approximate surface area is 97.3 Å². The van der Waals surface area contributed by atoms with Crippen molar-refractivity contribution < 1.29 is 9.53 Å². The average molecular weight is 226 g/mol. The van der Waals surface area contributed by atoms with E-state index >= 15 is 0 Å². The lowest BCUT2D eigenvalue weighted by atomic mass is 10.1. The summed E-state index contributed by atoms with van der Waals surface area (Å²) in [6.45, 7) is 6.61. The summed E-state index contributed by atoms with van der Waals surface area (Å²) < 4.78 is 5.43. The van der Waals surface area contributed by atoms with Crippen LogP contribution < -0.4 is 5.32 Å². The second kappa shape index (κ2) is 3.91. The smallest absolute Gasteiger partial charge is 0.410 e. The van der Waals surface area contributed by atoms with Crippen molar-refractivity contribution >= 4 is 6.09 Å². The number of fused-ring (bicyclic) bond motifs is 2. The Morgan fingerprint density at radius 3 is 2.56 bits per heavy atom. The van der Waals surface area contributed by atoms with Crippen molar-refractivity contribution in [1.82, 2.24) is 10.2 Å². The minimum absolute atomic E-state index is 0.153. The van der Waals surface area contributed by atoms with Gasteiger partial charge in [0, 0.05) is 12.6 Å². The zero-order valence-electron chi connectivity index (χ0n) is 10.6. The van der Waals surface area contributed by atoms with Crippen LogP contribution in [0.5, 0.6) is 0 Å². The molecule has 0 aromatic carbocycles. The van der Waals surface area contributed by atoms with Crippen molar-refractivity contribution in [2.45, 2.75) is 51.3 Å². The molecule has 4 heteroatoms. The van der Waals surface area contributed by atoms with Gasteiger partial charge in [-0.3, -0.25) is 0 Å². The summed E-state index contributed by atoms with van der Waals surface area (Å²) >= 11 is 0. The maximum absolute atomic E-state index is 12.0. The average Bonchev–Trinajstić information content (AvgIpc) is 2.72. The van der Waals surface area contributed by atoms with Gasteiger partial charge in [-0.05, 0) is 46.6 Å². The maximum atomic E-state index is 12.0. The van der Waals surface area contributed by atoms with Gasteiger partial charge in [0.2, 0.25) is 0 Å². The van der Waals surface area contributed by atoms with E-state index in [1.165, 1.54) is 6.42 Å². The fourth-order valence-corrected chi connectivity index (χ4v) is 2.87. The van der Waals surface area contributed by atoms with Crippen molar-refractivity contribution in [2.75, 3.05) is 13.6 Å². The molecule has 3 atom stereocenters. The molecule has 0 radical (unpaired) electrons. The van der Waals surface area contributed by atoms with Crippen LogP contribution in [0.2, 0.25) is 0 Å². The lowest BCUT2D eigenvalue weighted by molar-refractivity contribution is 0.0161. The van der Waals surface area contributed by atoms with E-state index in [0.29, 0.717) is 18.0 Å². The van der Waals surface area contributed by atoms with E-state index in [4.69, 9.17) is 4.74 Å². The third-order valence-electron chi connectivity index (χ3n) is 3.48. The highest BCUT2D eigenvalue weighted by Crippen LogP contribution is 2.38. The Kier molecular flexibility index (Phi) is 2.86. The number of carbonyl (C=O) groups excluding carboxylic acids is 1. The summed E-state index contributed by atoms with van der Waals surface area (Å²) in [6.07, 6.45) is 2.17. The standard InChI is InChI=1S/C12H22N2O2/c1-12(2,3)16-11(15)14-7-8-5-9(13-4)10(14)6-8/h8-10,13H,5-7H2,1-4H3. The largest absolute Gasteiger partial charge is 0.444 e. The molecule has 2 rings (SSSR count). The van der Waals surface area contributed by atoms with E-state index < -0.39 is 5.60 Å². The van der Waals surface area contributed by atoms with Crippen LogP contribution in [0.25, 0.3) is 0 Å². The third kappa shape index (κ3) is 2.17. The minimum Gasteiger partial charge on any atom is -0.444 e. The molecule has 0 aromatic rings. The van der Waals surface area contributed by atoms with Crippen LogP contribution in [0.3, 0.4) is 0 Å². The molecule has 3 unspecified atom stereocenters. The molecule has 1 heterocycles. The van der Waals surface area contributed by atoms with Gasteiger partial charge in [0.05, 0.1) is 6.04 Å². The fourth-order valence-electron chi connectivity index (χ4n) is 2.87. The first kappa shape index (κ1) is 11.7. The van der Waals surface area contributed by atoms with Crippen molar-refractivity contribution in [3.63, 3.8) is 0 Å². The quantitative estimate of drug-likeness (QED) is 0.738.